The van der Waals surface area contributed by atoms with E-state index in [-0.39, 0.29) is 0 Å². The molecule has 3 aromatic rings. The molecule has 2 aliphatic rings. The Bertz CT molecular complexity index is 913. The molecule has 1 aliphatic heterocycles. The van der Waals surface area contributed by atoms with E-state index in [9.17, 15) is 0 Å². The van der Waals surface area contributed by atoms with Crippen molar-refractivity contribution in [2.24, 2.45) is 0 Å². The predicted octanol–water partition coefficient (Wildman–Crippen LogP) is 3.07. The highest BCUT2D eigenvalue weighted by molar-refractivity contribution is 5.33. The number of nitrogens with zero attached hydrogens (tertiary/aromatic N) is 5. The summed E-state index contributed by atoms with van der Waals surface area (Å²) in [5.74, 6) is 2.40. The highest BCUT2D eigenvalue weighted by atomic mass is 16.5. The van der Waals surface area contributed by atoms with Crippen molar-refractivity contribution in [3.63, 3.8) is 0 Å². The Labute approximate surface area is 159 Å². The normalized spacial score (nSPS) is 18.1. The van der Waals surface area contributed by atoms with Crippen LogP contribution in [0, 0.1) is 6.92 Å². The van der Waals surface area contributed by atoms with Crippen LogP contribution >= 0.6 is 0 Å². The van der Waals surface area contributed by atoms with Crippen LogP contribution in [0.25, 0.3) is 0 Å². The number of hydrogen-bond donors (Lipinski definition) is 0. The second-order valence-electron chi connectivity index (χ2n) is 7.68. The molecular weight excluding hydrogens is 338 g/mol. The fourth-order valence-corrected chi connectivity index (χ4v) is 4.31. The maximum atomic E-state index is 5.52. The van der Waals surface area contributed by atoms with Crippen molar-refractivity contribution in [3.8, 4) is 0 Å². The van der Waals surface area contributed by atoms with Gasteiger partial charge in [0, 0.05) is 31.0 Å². The van der Waals surface area contributed by atoms with Crippen molar-refractivity contribution in [1.29, 1.82) is 0 Å². The lowest BCUT2D eigenvalue weighted by atomic mass is 10.00. The molecule has 0 N–H and O–H groups in total. The first-order valence-corrected chi connectivity index (χ1v) is 9.86. The summed E-state index contributed by atoms with van der Waals surface area (Å²) >= 11 is 0. The van der Waals surface area contributed by atoms with E-state index < -0.39 is 0 Å². The zero-order valence-electron chi connectivity index (χ0n) is 15.7. The highest BCUT2D eigenvalue weighted by Crippen LogP contribution is 2.32. The summed E-state index contributed by atoms with van der Waals surface area (Å²) in [6.07, 6.45) is 5.92. The van der Waals surface area contributed by atoms with Crippen LogP contribution in [-0.2, 0) is 24.1 Å². The van der Waals surface area contributed by atoms with Crippen LogP contribution in [0.1, 0.15) is 53.3 Å². The molecule has 1 saturated heterocycles. The van der Waals surface area contributed by atoms with Crippen LogP contribution < -0.4 is 0 Å². The largest absolute Gasteiger partial charge is 0.381 e. The Morgan fingerprint density at radius 2 is 1.81 bits per heavy atom. The second kappa shape index (κ2) is 6.93. The van der Waals surface area contributed by atoms with Gasteiger partial charge >= 0.3 is 0 Å². The average Bonchev–Trinajstić information content (AvgIpc) is 3.41. The number of ether oxygens (including phenoxy) is 1. The number of rotatable bonds is 4. The Kier molecular flexibility index (Phi) is 4.28. The molecular formula is C21H25N5O. The lowest BCUT2D eigenvalue weighted by Crippen LogP contribution is -2.18. The summed E-state index contributed by atoms with van der Waals surface area (Å²) in [7, 11) is 0. The molecule has 1 aromatic carbocycles. The lowest BCUT2D eigenvalue weighted by molar-refractivity contribution is 0.0835. The molecule has 5 rings (SSSR count). The van der Waals surface area contributed by atoms with Gasteiger partial charge < -0.3 is 4.74 Å². The molecule has 6 nitrogen and oxygen atoms in total. The number of hydrogen-bond acceptors (Lipinski definition) is 4. The summed E-state index contributed by atoms with van der Waals surface area (Å²) in [4.78, 5) is 4.99. The van der Waals surface area contributed by atoms with Crippen molar-refractivity contribution >= 4 is 0 Å². The molecule has 0 atom stereocenters. The summed E-state index contributed by atoms with van der Waals surface area (Å²) < 4.78 is 9.72. The molecule has 0 radical (unpaired) electrons. The zero-order chi connectivity index (χ0) is 18.2. The van der Waals surface area contributed by atoms with Gasteiger partial charge in [0.2, 0.25) is 0 Å². The van der Waals surface area contributed by atoms with E-state index in [2.05, 4.69) is 41.0 Å². The SMILES string of the molecule is Cc1ccnn1Cc1nc(C2CCOCC2)nn1C1Cc2ccccc2C1. The fraction of sp³-hybridized carbons (Fsp3) is 0.476. The first-order chi connectivity index (χ1) is 13.3. The summed E-state index contributed by atoms with van der Waals surface area (Å²) in [5.41, 5.74) is 4.02. The molecule has 27 heavy (non-hydrogen) atoms. The van der Waals surface area contributed by atoms with Gasteiger partial charge in [0.25, 0.3) is 0 Å². The van der Waals surface area contributed by atoms with Gasteiger partial charge in [0.05, 0.1) is 6.04 Å². The molecule has 3 heterocycles. The summed E-state index contributed by atoms with van der Waals surface area (Å²) in [6.45, 7) is 4.36. The topological polar surface area (TPSA) is 57.8 Å². The maximum Gasteiger partial charge on any atom is 0.154 e. The van der Waals surface area contributed by atoms with Crippen molar-refractivity contribution in [1.82, 2.24) is 24.5 Å². The number of aryl methyl sites for hydroxylation is 1. The van der Waals surface area contributed by atoms with Crippen LogP contribution in [0.3, 0.4) is 0 Å². The van der Waals surface area contributed by atoms with E-state index in [0.29, 0.717) is 18.5 Å². The molecule has 0 saturated carbocycles. The molecule has 2 aromatic heterocycles. The summed E-state index contributed by atoms with van der Waals surface area (Å²) in [6, 6.07) is 11.1. The lowest BCUT2D eigenvalue weighted by Gasteiger charge is -2.19. The van der Waals surface area contributed by atoms with E-state index in [4.69, 9.17) is 14.8 Å². The van der Waals surface area contributed by atoms with Crippen LogP contribution in [0.4, 0.5) is 0 Å². The van der Waals surface area contributed by atoms with Gasteiger partial charge in [-0.1, -0.05) is 24.3 Å². The standard InChI is InChI=1S/C21H25N5O/c1-15-6-9-22-25(15)14-20-23-21(16-7-10-27-11-8-16)24-26(20)19-12-17-4-2-3-5-18(17)13-19/h2-6,9,16,19H,7-8,10-14H2,1H3. The fourth-order valence-electron chi connectivity index (χ4n) is 4.31. The highest BCUT2D eigenvalue weighted by Gasteiger charge is 2.29. The van der Waals surface area contributed by atoms with Crippen molar-refractivity contribution in [2.75, 3.05) is 13.2 Å². The van der Waals surface area contributed by atoms with Crippen molar-refractivity contribution in [2.45, 2.75) is 51.1 Å². The number of aromatic nitrogens is 5. The molecule has 0 amide bonds. The van der Waals surface area contributed by atoms with Gasteiger partial charge in [-0.15, -0.1) is 0 Å². The van der Waals surface area contributed by atoms with E-state index in [1.807, 2.05) is 16.9 Å². The third-order valence-electron chi connectivity index (χ3n) is 5.90. The van der Waals surface area contributed by atoms with E-state index in [1.165, 1.54) is 11.1 Å². The average molecular weight is 363 g/mol. The third kappa shape index (κ3) is 3.18. The molecule has 1 aliphatic carbocycles. The Morgan fingerprint density at radius 1 is 1.07 bits per heavy atom. The number of benzene rings is 1. The minimum Gasteiger partial charge on any atom is -0.381 e. The minimum absolute atomic E-state index is 0.342. The van der Waals surface area contributed by atoms with Gasteiger partial charge in [-0.2, -0.15) is 10.2 Å². The smallest absolute Gasteiger partial charge is 0.154 e. The van der Waals surface area contributed by atoms with Gasteiger partial charge in [-0.25, -0.2) is 9.67 Å². The monoisotopic (exact) mass is 363 g/mol. The van der Waals surface area contributed by atoms with Crippen LogP contribution in [-0.4, -0.2) is 37.8 Å². The van der Waals surface area contributed by atoms with Crippen LogP contribution in [0.5, 0.6) is 0 Å². The van der Waals surface area contributed by atoms with Crippen LogP contribution in [0.2, 0.25) is 0 Å². The third-order valence-corrected chi connectivity index (χ3v) is 5.90. The first kappa shape index (κ1) is 16.7. The predicted molar refractivity (Wildman–Crippen MR) is 102 cm³/mol. The summed E-state index contributed by atoms with van der Waals surface area (Å²) in [5, 5.41) is 9.47. The molecule has 0 bridgehead atoms. The Morgan fingerprint density at radius 3 is 2.48 bits per heavy atom. The minimum atomic E-state index is 0.342. The zero-order valence-corrected chi connectivity index (χ0v) is 15.7. The van der Waals surface area contributed by atoms with Gasteiger partial charge in [-0.05, 0) is 49.8 Å². The maximum absolute atomic E-state index is 5.52. The first-order valence-electron chi connectivity index (χ1n) is 9.86. The van der Waals surface area contributed by atoms with Crippen LogP contribution in [0.15, 0.2) is 36.5 Å². The Balaban J connectivity index is 1.48. The number of fused-ring (bicyclic) bond motifs is 1. The molecule has 0 spiro atoms. The second-order valence-corrected chi connectivity index (χ2v) is 7.68. The van der Waals surface area contributed by atoms with E-state index in [0.717, 1.165) is 56.2 Å². The quantitative estimate of drug-likeness (QED) is 0.715. The van der Waals surface area contributed by atoms with E-state index in [1.54, 1.807) is 0 Å². The molecule has 6 heteroatoms. The van der Waals surface area contributed by atoms with Crippen molar-refractivity contribution < 1.29 is 4.74 Å². The molecule has 0 unspecified atom stereocenters. The van der Waals surface area contributed by atoms with E-state index >= 15 is 0 Å². The van der Waals surface area contributed by atoms with Gasteiger partial charge in [0.15, 0.2) is 5.82 Å². The molecule has 140 valence electrons. The molecule has 1 fully saturated rings. The van der Waals surface area contributed by atoms with Crippen molar-refractivity contribution in [3.05, 3.63) is 65.0 Å². The Hall–Kier alpha value is -2.47. The van der Waals surface area contributed by atoms with Gasteiger partial charge in [0.1, 0.15) is 12.4 Å². The van der Waals surface area contributed by atoms with Gasteiger partial charge in [-0.3, -0.25) is 4.68 Å².